The van der Waals surface area contributed by atoms with Crippen LogP contribution in [0.25, 0.3) is 11.3 Å². The third-order valence-corrected chi connectivity index (χ3v) is 4.30. The zero-order valence-corrected chi connectivity index (χ0v) is 10.3. The van der Waals surface area contributed by atoms with Crippen molar-refractivity contribution >= 4 is 27.3 Å². The van der Waals surface area contributed by atoms with Crippen LogP contribution in [-0.4, -0.2) is 9.97 Å². The highest BCUT2D eigenvalue weighted by molar-refractivity contribution is 9.10. The summed E-state index contributed by atoms with van der Waals surface area (Å²) in [5.74, 6) is 0. The summed E-state index contributed by atoms with van der Waals surface area (Å²) in [4.78, 5) is 10.7. The summed E-state index contributed by atoms with van der Waals surface area (Å²) < 4.78 is 1.15. The average Bonchev–Trinajstić information content (AvgIpc) is 2.43. The van der Waals surface area contributed by atoms with E-state index >= 15 is 0 Å². The number of halogens is 1. The van der Waals surface area contributed by atoms with Crippen molar-refractivity contribution in [3.8, 4) is 11.3 Å². The Hall–Kier alpha value is -0.740. The molecule has 0 aliphatic carbocycles. The second-order valence-corrected chi connectivity index (χ2v) is 5.22. The lowest BCUT2D eigenvalue weighted by Gasteiger charge is -1.99. The van der Waals surface area contributed by atoms with Gasteiger partial charge in [-0.1, -0.05) is 0 Å². The molecule has 0 unspecified atom stereocenters. The number of aromatic nitrogens is 2. The first kappa shape index (κ1) is 9.80. The van der Waals surface area contributed by atoms with Crippen molar-refractivity contribution in [3.63, 3.8) is 0 Å². The Morgan fingerprint density at radius 3 is 2.57 bits per heavy atom. The number of hydrogen-bond acceptors (Lipinski definition) is 3. The smallest absolute Gasteiger partial charge is 0.116 e. The van der Waals surface area contributed by atoms with Gasteiger partial charge in [0.25, 0.3) is 0 Å². The van der Waals surface area contributed by atoms with Gasteiger partial charge in [0, 0.05) is 26.0 Å². The first-order chi connectivity index (χ1) is 6.70. The SMILES string of the molecule is Cc1sc(C)c(-c2ccncn2)c1Br. The van der Waals surface area contributed by atoms with Crippen molar-refractivity contribution in [2.45, 2.75) is 13.8 Å². The molecule has 0 aromatic carbocycles. The Kier molecular flexibility index (Phi) is 2.65. The van der Waals surface area contributed by atoms with Gasteiger partial charge in [-0.2, -0.15) is 0 Å². The van der Waals surface area contributed by atoms with E-state index in [1.807, 2.05) is 6.07 Å². The van der Waals surface area contributed by atoms with Crippen LogP contribution in [0.1, 0.15) is 9.75 Å². The number of thiophene rings is 1. The molecular weight excluding hydrogens is 260 g/mol. The Morgan fingerprint density at radius 1 is 1.29 bits per heavy atom. The van der Waals surface area contributed by atoms with Crippen LogP contribution in [0.5, 0.6) is 0 Å². The van der Waals surface area contributed by atoms with E-state index < -0.39 is 0 Å². The van der Waals surface area contributed by atoms with Gasteiger partial charge in [0.05, 0.1) is 5.69 Å². The summed E-state index contributed by atoms with van der Waals surface area (Å²) in [6, 6.07) is 1.93. The molecule has 72 valence electrons. The van der Waals surface area contributed by atoms with E-state index in [2.05, 4.69) is 39.7 Å². The lowest BCUT2D eigenvalue weighted by Crippen LogP contribution is -1.84. The second-order valence-electron chi connectivity index (χ2n) is 3.00. The van der Waals surface area contributed by atoms with E-state index in [0.717, 1.165) is 10.2 Å². The minimum Gasteiger partial charge on any atom is -0.245 e. The quantitative estimate of drug-likeness (QED) is 0.790. The minimum absolute atomic E-state index is 0.980. The van der Waals surface area contributed by atoms with Crippen molar-refractivity contribution in [1.82, 2.24) is 9.97 Å². The molecule has 14 heavy (non-hydrogen) atoms. The zero-order valence-electron chi connectivity index (χ0n) is 7.91. The Balaban J connectivity index is 2.62. The fourth-order valence-electron chi connectivity index (χ4n) is 1.39. The third kappa shape index (κ3) is 1.60. The predicted octanol–water partition coefficient (Wildman–Crippen LogP) is 3.58. The maximum Gasteiger partial charge on any atom is 0.116 e. The fraction of sp³-hybridized carbons (Fsp3) is 0.200. The fourth-order valence-corrected chi connectivity index (χ4v) is 3.22. The van der Waals surface area contributed by atoms with E-state index in [1.165, 1.54) is 15.3 Å². The number of aryl methyl sites for hydroxylation is 2. The van der Waals surface area contributed by atoms with Crippen molar-refractivity contribution in [2.24, 2.45) is 0 Å². The largest absolute Gasteiger partial charge is 0.245 e. The van der Waals surface area contributed by atoms with Crippen molar-refractivity contribution in [1.29, 1.82) is 0 Å². The first-order valence-corrected chi connectivity index (χ1v) is 5.83. The molecule has 0 amide bonds. The molecule has 2 rings (SSSR count). The van der Waals surface area contributed by atoms with Gasteiger partial charge in [-0.3, -0.25) is 0 Å². The van der Waals surface area contributed by atoms with Crippen LogP contribution in [0.4, 0.5) is 0 Å². The van der Waals surface area contributed by atoms with Crippen LogP contribution in [-0.2, 0) is 0 Å². The molecular formula is C10H9BrN2S. The molecule has 2 heterocycles. The molecule has 0 aliphatic rings. The van der Waals surface area contributed by atoms with Crippen LogP contribution in [0.2, 0.25) is 0 Å². The molecule has 0 fully saturated rings. The van der Waals surface area contributed by atoms with Gasteiger partial charge >= 0.3 is 0 Å². The Labute approximate surface area is 95.2 Å². The highest BCUT2D eigenvalue weighted by Crippen LogP contribution is 2.38. The molecule has 2 aromatic rings. The van der Waals surface area contributed by atoms with Gasteiger partial charge in [-0.15, -0.1) is 11.3 Å². The highest BCUT2D eigenvalue weighted by atomic mass is 79.9. The second kappa shape index (κ2) is 3.79. The molecule has 4 heteroatoms. The molecule has 2 aromatic heterocycles. The van der Waals surface area contributed by atoms with Gasteiger partial charge in [-0.05, 0) is 35.8 Å². The Bertz CT molecular complexity index is 451. The topological polar surface area (TPSA) is 25.8 Å². The van der Waals surface area contributed by atoms with E-state index in [1.54, 1.807) is 23.9 Å². The maximum absolute atomic E-state index is 4.25. The van der Waals surface area contributed by atoms with Crippen molar-refractivity contribution in [2.75, 3.05) is 0 Å². The summed E-state index contributed by atoms with van der Waals surface area (Å²) in [7, 11) is 0. The van der Waals surface area contributed by atoms with Crippen molar-refractivity contribution in [3.05, 3.63) is 32.8 Å². The van der Waals surface area contributed by atoms with E-state index in [0.29, 0.717) is 0 Å². The maximum atomic E-state index is 4.25. The first-order valence-electron chi connectivity index (χ1n) is 4.22. The number of hydrogen-bond donors (Lipinski definition) is 0. The summed E-state index contributed by atoms with van der Waals surface area (Å²) >= 11 is 5.37. The van der Waals surface area contributed by atoms with Gasteiger partial charge in [-0.25, -0.2) is 9.97 Å². The van der Waals surface area contributed by atoms with E-state index in [9.17, 15) is 0 Å². The Morgan fingerprint density at radius 2 is 2.07 bits per heavy atom. The molecule has 0 aliphatic heterocycles. The standard InChI is InChI=1S/C10H9BrN2S/c1-6-9(10(11)7(2)14-6)8-3-4-12-5-13-8/h3-5H,1-2H3. The van der Waals surface area contributed by atoms with Crippen LogP contribution in [0.15, 0.2) is 23.1 Å². The minimum atomic E-state index is 0.980. The monoisotopic (exact) mass is 268 g/mol. The van der Waals surface area contributed by atoms with Gasteiger partial charge < -0.3 is 0 Å². The lowest BCUT2D eigenvalue weighted by molar-refractivity contribution is 1.17. The molecule has 0 radical (unpaired) electrons. The summed E-state index contributed by atoms with van der Waals surface area (Å²) in [5.41, 5.74) is 2.17. The highest BCUT2D eigenvalue weighted by Gasteiger charge is 2.12. The average molecular weight is 269 g/mol. The number of nitrogens with zero attached hydrogens (tertiary/aromatic N) is 2. The van der Waals surface area contributed by atoms with Crippen LogP contribution in [0.3, 0.4) is 0 Å². The lowest BCUT2D eigenvalue weighted by atomic mass is 10.2. The molecule has 0 bridgehead atoms. The summed E-state index contributed by atoms with van der Waals surface area (Å²) in [5, 5.41) is 0. The van der Waals surface area contributed by atoms with Crippen LogP contribution >= 0.6 is 27.3 Å². The van der Waals surface area contributed by atoms with Gasteiger partial charge in [0.1, 0.15) is 6.33 Å². The third-order valence-electron chi connectivity index (χ3n) is 2.02. The van der Waals surface area contributed by atoms with E-state index in [4.69, 9.17) is 0 Å². The normalized spacial score (nSPS) is 10.5. The van der Waals surface area contributed by atoms with Gasteiger partial charge in [0.2, 0.25) is 0 Å². The molecule has 0 N–H and O–H groups in total. The molecule has 0 saturated heterocycles. The summed E-state index contributed by atoms with van der Waals surface area (Å²) in [6.45, 7) is 4.21. The molecule has 2 nitrogen and oxygen atoms in total. The van der Waals surface area contributed by atoms with Crippen LogP contribution < -0.4 is 0 Å². The predicted molar refractivity (Wildman–Crippen MR) is 62.5 cm³/mol. The zero-order chi connectivity index (χ0) is 10.1. The van der Waals surface area contributed by atoms with Gasteiger partial charge in [0.15, 0.2) is 0 Å². The molecule has 0 atom stereocenters. The van der Waals surface area contributed by atoms with E-state index in [-0.39, 0.29) is 0 Å². The molecule has 0 saturated carbocycles. The van der Waals surface area contributed by atoms with Crippen molar-refractivity contribution < 1.29 is 0 Å². The summed E-state index contributed by atoms with van der Waals surface area (Å²) in [6.07, 6.45) is 3.34. The van der Waals surface area contributed by atoms with Crippen LogP contribution in [0, 0.1) is 13.8 Å². The number of rotatable bonds is 1. The molecule has 0 spiro atoms.